The lowest BCUT2D eigenvalue weighted by Gasteiger charge is -2.36. The van der Waals surface area contributed by atoms with Crippen LogP contribution in [0, 0.1) is 0 Å². The van der Waals surface area contributed by atoms with E-state index in [4.69, 9.17) is 9.16 Å². The number of carboxylic acid groups (broad SMARTS) is 1. The maximum atomic E-state index is 11.6. The van der Waals surface area contributed by atoms with E-state index < -0.39 is 20.4 Å². The molecule has 0 unspecified atom stereocenters. The number of imidazole rings is 1. The monoisotopic (exact) mass is 356 g/mol. The van der Waals surface area contributed by atoms with Gasteiger partial charge in [-0.05, 0) is 25.1 Å². The second-order valence-corrected chi connectivity index (χ2v) is 11.9. The highest BCUT2D eigenvalue weighted by Crippen LogP contribution is 2.36. The molecule has 0 aromatic carbocycles. The highest BCUT2D eigenvalue weighted by Gasteiger charge is 2.37. The van der Waals surface area contributed by atoms with Crippen LogP contribution in [0.3, 0.4) is 0 Å². The van der Waals surface area contributed by atoms with Crippen LogP contribution in [-0.2, 0) is 26.8 Å². The molecule has 0 fully saturated rings. The Morgan fingerprint density at radius 2 is 1.96 bits per heavy atom. The Labute approximate surface area is 144 Å². The van der Waals surface area contributed by atoms with Crippen LogP contribution in [-0.4, -0.2) is 48.3 Å². The molecule has 0 saturated heterocycles. The van der Waals surface area contributed by atoms with Crippen LogP contribution >= 0.6 is 0 Å². The van der Waals surface area contributed by atoms with E-state index in [-0.39, 0.29) is 18.1 Å². The third kappa shape index (κ3) is 5.17. The summed E-state index contributed by atoms with van der Waals surface area (Å²) in [7, 11) is -1.89. The number of aromatic nitrogens is 2. The van der Waals surface area contributed by atoms with Gasteiger partial charge in [-0.3, -0.25) is 4.79 Å². The molecule has 0 amide bonds. The Kier molecular flexibility index (Phi) is 6.73. The van der Waals surface area contributed by atoms with Crippen LogP contribution in [0.5, 0.6) is 0 Å². The minimum Gasteiger partial charge on any atom is -0.466 e. The zero-order chi connectivity index (χ0) is 18.5. The van der Waals surface area contributed by atoms with Gasteiger partial charge in [0.25, 0.3) is 0 Å². The number of carbonyl (C=O) groups is 2. The lowest BCUT2D eigenvalue weighted by atomic mass is 10.2. The fourth-order valence-corrected chi connectivity index (χ4v) is 2.98. The summed E-state index contributed by atoms with van der Waals surface area (Å²) < 4.78 is 12.0. The van der Waals surface area contributed by atoms with Crippen molar-refractivity contribution in [1.82, 2.24) is 9.55 Å². The SMILES string of the molecule is CCOC(=O)Cc1cnc(CCO[Si](C)(C)C(C)(C)C)n1C(=O)O. The van der Waals surface area contributed by atoms with Gasteiger partial charge >= 0.3 is 12.1 Å². The third-order valence-electron chi connectivity index (χ3n) is 4.32. The van der Waals surface area contributed by atoms with Crippen molar-refractivity contribution in [2.75, 3.05) is 13.2 Å². The fourth-order valence-electron chi connectivity index (χ4n) is 1.94. The number of rotatable bonds is 7. The summed E-state index contributed by atoms with van der Waals surface area (Å²) in [6.45, 7) is 13.1. The molecule has 1 rings (SSSR count). The minimum atomic E-state index is -1.89. The van der Waals surface area contributed by atoms with Crippen molar-refractivity contribution in [3.05, 3.63) is 17.7 Å². The quantitative estimate of drug-likeness (QED) is 0.596. The molecule has 0 atom stereocenters. The summed E-state index contributed by atoms with van der Waals surface area (Å²) in [6.07, 6.45) is 0.513. The van der Waals surface area contributed by atoms with Gasteiger partial charge in [0, 0.05) is 19.2 Å². The van der Waals surface area contributed by atoms with Crippen molar-refractivity contribution in [3.8, 4) is 0 Å². The molecule has 7 nitrogen and oxygen atoms in total. The number of esters is 1. The molecular formula is C16H28N2O5Si. The highest BCUT2D eigenvalue weighted by molar-refractivity contribution is 6.74. The smallest absolute Gasteiger partial charge is 0.417 e. The van der Waals surface area contributed by atoms with Gasteiger partial charge in [-0.15, -0.1) is 0 Å². The van der Waals surface area contributed by atoms with Gasteiger partial charge in [0.05, 0.1) is 18.7 Å². The maximum absolute atomic E-state index is 11.6. The molecule has 0 aliphatic carbocycles. The Morgan fingerprint density at radius 1 is 1.33 bits per heavy atom. The highest BCUT2D eigenvalue weighted by atomic mass is 28.4. The summed E-state index contributed by atoms with van der Waals surface area (Å²) in [5, 5.41) is 9.49. The van der Waals surface area contributed by atoms with Gasteiger partial charge in [0.15, 0.2) is 8.32 Å². The summed E-state index contributed by atoms with van der Waals surface area (Å²) in [5.74, 6) is -0.0931. The van der Waals surface area contributed by atoms with E-state index in [9.17, 15) is 14.7 Å². The average Bonchev–Trinajstić information content (AvgIpc) is 2.80. The standard InChI is InChI=1S/C16H28N2O5Si/c1-7-22-14(19)10-12-11-17-13(18(12)15(20)21)8-9-23-24(5,6)16(2,3)4/h11H,7-10H2,1-6H3,(H,20,21). The van der Waals surface area contributed by atoms with Crippen LogP contribution in [0.4, 0.5) is 4.79 Å². The largest absolute Gasteiger partial charge is 0.466 e. The molecule has 1 aromatic heterocycles. The Bertz CT molecular complexity index is 590. The van der Waals surface area contributed by atoms with Crippen molar-refractivity contribution in [3.63, 3.8) is 0 Å². The van der Waals surface area contributed by atoms with Crippen molar-refractivity contribution < 1.29 is 23.9 Å². The normalized spacial score (nSPS) is 12.2. The molecule has 0 spiro atoms. The van der Waals surface area contributed by atoms with Crippen LogP contribution in [0.15, 0.2) is 6.20 Å². The summed E-state index contributed by atoms with van der Waals surface area (Å²) >= 11 is 0. The molecule has 0 aliphatic heterocycles. The molecule has 0 radical (unpaired) electrons. The first-order valence-electron chi connectivity index (χ1n) is 8.08. The van der Waals surface area contributed by atoms with E-state index in [1.807, 2.05) is 0 Å². The number of hydrogen-bond acceptors (Lipinski definition) is 5. The number of hydrogen-bond donors (Lipinski definition) is 1. The minimum absolute atomic E-state index is 0.0876. The zero-order valence-electron chi connectivity index (χ0n) is 15.4. The third-order valence-corrected chi connectivity index (χ3v) is 8.86. The second-order valence-electron chi connectivity index (χ2n) is 7.12. The summed E-state index contributed by atoms with van der Waals surface area (Å²) in [4.78, 5) is 27.2. The van der Waals surface area contributed by atoms with Gasteiger partial charge in [-0.1, -0.05) is 20.8 Å². The second kappa shape index (κ2) is 7.93. The molecule has 1 heterocycles. The van der Waals surface area contributed by atoms with Crippen LogP contribution in [0.25, 0.3) is 0 Å². The predicted octanol–water partition coefficient (Wildman–Crippen LogP) is 3.08. The molecule has 0 bridgehead atoms. The van der Waals surface area contributed by atoms with E-state index >= 15 is 0 Å². The maximum Gasteiger partial charge on any atom is 0.417 e. The molecule has 1 N–H and O–H groups in total. The zero-order valence-corrected chi connectivity index (χ0v) is 16.4. The fraction of sp³-hybridized carbons (Fsp3) is 0.688. The number of ether oxygens (including phenoxy) is 1. The van der Waals surface area contributed by atoms with Crippen molar-refractivity contribution in [2.24, 2.45) is 0 Å². The van der Waals surface area contributed by atoms with Crippen LogP contribution < -0.4 is 0 Å². The topological polar surface area (TPSA) is 90.7 Å². The lowest BCUT2D eigenvalue weighted by Crippen LogP contribution is -2.41. The molecule has 0 saturated carbocycles. The van der Waals surface area contributed by atoms with E-state index in [1.165, 1.54) is 6.20 Å². The van der Waals surface area contributed by atoms with Gasteiger partial charge in [0.1, 0.15) is 5.82 Å². The molecule has 8 heteroatoms. The van der Waals surface area contributed by atoms with Gasteiger partial charge in [-0.25, -0.2) is 14.3 Å². The summed E-state index contributed by atoms with van der Waals surface area (Å²) in [5.41, 5.74) is 0.309. The van der Waals surface area contributed by atoms with Crippen molar-refractivity contribution in [2.45, 2.75) is 58.7 Å². The van der Waals surface area contributed by atoms with Crippen molar-refractivity contribution >= 4 is 20.4 Å². The first-order chi connectivity index (χ1) is 11.0. The van der Waals surface area contributed by atoms with Gasteiger partial charge in [-0.2, -0.15) is 0 Å². The first-order valence-corrected chi connectivity index (χ1v) is 11.0. The van der Waals surface area contributed by atoms with Crippen LogP contribution in [0.2, 0.25) is 18.1 Å². The molecular weight excluding hydrogens is 328 g/mol. The van der Waals surface area contributed by atoms with Crippen LogP contribution in [0.1, 0.15) is 39.2 Å². The Hall–Kier alpha value is -1.67. The van der Waals surface area contributed by atoms with Gasteiger partial charge < -0.3 is 14.3 Å². The van der Waals surface area contributed by atoms with Gasteiger partial charge in [0.2, 0.25) is 0 Å². The van der Waals surface area contributed by atoms with E-state index in [2.05, 4.69) is 38.8 Å². The average molecular weight is 356 g/mol. The molecule has 1 aromatic rings. The van der Waals surface area contributed by atoms with Crippen molar-refractivity contribution in [1.29, 1.82) is 0 Å². The Morgan fingerprint density at radius 3 is 2.46 bits per heavy atom. The first kappa shape index (κ1) is 20.4. The number of carbonyl (C=O) groups excluding carboxylic acids is 1. The number of nitrogens with zero attached hydrogens (tertiary/aromatic N) is 2. The lowest BCUT2D eigenvalue weighted by molar-refractivity contribution is -0.142. The summed E-state index contributed by atoms with van der Waals surface area (Å²) in [6, 6.07) is 0. The molecule has 0 aliphatic rings. The van der Waals surface area contributed by atoms with E-state index in [1.54, 1.807) is 6.92 Å². The molecule has 24 heavy (non-hydrogen) atoms. The van der Waals surface area contributed by atoms with E-state index in [0.29, 0.717) is 24.5 Å². The van der Waals surface area contributed by atoms with E-state index in [0.717, 1.165) is 4.57 Å². The predicted molar refractivity (Wildman–Crippen MR) is 92.8 cm³/mol. The molecule has 136 valence electrons. The Balaban J connectivity index is 2.81.